The third-order valence-corrected chi connectivity index (χ3v) is 4.93. The number of aromatic nitrogens is 1. The van der Waals surface area contributed by atoms with Gasteiger partial charge < -0.3 is 10.2 Å². The van der Waals surface area contributed by atoms with Crippen LogP contribution in [0.5, 0.6) is 0 Å². The summed E-state index contributed by atoms with van der Waals surface area (Å²) in [6.45, 7) is 2.02. The molecule has 130 valence electrons. The quantitative estimate of drug-likeness (QED) is 0.834. The smallest absolute Gasteiger partial charge is 0.248 e. The van der Waals surface area contributed by atoms with Crippen LogP contribution in [0.3, 0.4) is 0 Å². The number of rotatable bonds is 5. The average molecular weight is 357 g/mol. The first-order chi connectivity index (χ1) is 12.0. The molecule has 0 spiro atoms. The fourth-order valence-corrected chi connectivity index (χ4v) is 3.64. The Morgan fingerprint density at radius 1 is 1.28 bits per heavy atom. The number of hydrogen-bond acceptors (Lipinski definition) is 5. The Hall–Kier alpha value is -2.54. The number of benzene rings is 1. The van der Waals surface area contributed by atoms with Crippen LogP contribution in [0.1, 0.15) is 35.8 Å². The first kappa shape index (κ1) is 17.3. The number of carbonyl (C=O) groups excluding carboxylic acids is 3. The van der Waals surface area contributed by atoms with Crippen molar-refractivity contribution >= 4 is 34.1 Å². The van der Waals surface area contributed by atoms with Crippen molar-refractivity contribution in [2.24, 2.45) is 0 Å². The van der Waals surface area contributed by atoms with Crippen LogP contribution < -0.4 is 5.32 Å². The summed E-state index contributed by atoms with van der Waals surface area (Å²) in [5.74, 6) is -0.437. The van der Waals surface area contributed by atoms with Gasteiger partial charge in [0, 0.05) is 18.8 Å². The molecule has 1 aromatic carbocycles. The maximum Gasteiger partial charge on any atom is 0.248 e. The third kappa shape index (κ3) is 4.11. The van der Waals surface area contributed by atoms with E-state index >= 15 is 0 Å². The monoisotopic (exact) mass is 357 g/mol. The fourth-order valence-electron chi connectivity index (χ4n) is 2.89. The summed E-state index contributed by atoms with van der Waals surface area (Å²) in [5.41, 5.74) is 1.27. The molecule has 2 aromatic rings. The lowest BCUT2D eigenvalue weighted by molar-refractivity contribution is -0.136. The second-order valence-electron chi connectivity index (χ2n) is 5.99. The van der Waals surface area contributed by atoms with Gasteiger partial charge in [0.05, 0.1) is 6.42 Å². The van der Waals surface area contributed by atoms with Crippen molar-refractivity contribution in [3.8, 4) is 0 Å². The van der Waals surface area contributed by atoms with Gasteiger partial charge in [0.2, 0.25) is 11.8 Å². The SMILES string of the molecule is CC(=O)c1csc(NC(=O)C2CCCN2C(=O)Cc2ccccc2)n1. The molecule has 0 saturated carbocycles. The number of nitrogens with zero attached hydrogens (tertiary/aromatic N) is 2. The number of hydrogen-bond donors (Lipinski definition) is 1. The molecule has 3 rings (SSSR count). The minimum absolute atomic E-state index is 0.0487. The van der Waals surface area contributed by atoms with Crippen LogP contribution in [0, 0.1) is 0 Å². The zero-order valence-electron chi connectivity index (χ0n) is 13.9. The number of nitrogens with one attached hydrogen (secondary N) is 1. The summed E-state index contributed by atoms with van der Waals surface area (Å²) < 4.78 is 0. The average Bonchev–Trinajstić information content (AvgIpc) is 3.25. The maximum atomic E-state index is 12.6. The van der Waals surface area contributed by atoms with E-state index in [2.05, 4.69) is 10.3 Å². The van der Waals surface area contributed by atoms with E-state index in [-0.39, 0.29) is 24.0 Å². The normalized spacial score (nSPS) is 16.7. The number of Topliss-reactive ketones (excluding diaryl/α,β-unsaturated/α-hetero) is 1. The molecule has 2 amide bonds. The Morgan fingerprint density at radius 2 is 2.04 bits per heavy atom. The lowest BCUT2D eigenvalue weighted by atomic mass is 10.1. The second-order valence-corrected chi connectivity index (χ2v) is 6.85. The van der Waals surface area contributed by atoms with E-state index in [1.54, 1.807) is 10.3 Å². The maximum absolute atomic E-state index is 12.6. The molecule has 7 heteroatoms. The number of ketones is 1. The first-order valence-electron chi connectivity index (χ1n) is 8.15. The van der Waals surface area contributed by atoms with E-state index in [1.807, 2.05) is 30.3 Å². The number of carbonyl (C=O) groups is 3. The molecule has 1 aliphatic rings. The Morgan fingerprint density at radius 3 is 2.72 bits per heavy atom. The molecular weight excluding hydrogens is 338 g/mol. The summed E-state index contributed by atoms with van der Waals surface area (Å²) in [7, 11) is 0. The largest absolute Gasteiger partial charge is 0.330 e. The van der Waals surface area contributed by atoms with E-state index in [9.17, 15) is 14.4 Å². The summed E-state index contributed by atoms with van der Waals surface area (Å²) in [5, 5.41) is 4.73. The standard InChI is InChI=1S/C18H19N3O3S/c1-12(22)14-11-25-18(19-14)20-17(24)15-8-5-9-21(15)16(23)10-13-6-3-2-4-7-13/h2-4,6-7,11,15H,5,8-10H2,1H3,(H,19,20,24). The Labute approximate surface area is 149 Å². The number of likely N-dealkylation sites (tertiary alicyclic amines) is 1. The molecule has 0 bridgehead atoms. The summed E-state index contributed by atoms with van der Waals surface area (Å²) in [6.07, 6.45) is 1.73. The van der Waals surface area contributed by atoms with Crippen molar-refractivity contribution in [3.05, 3.63) is 47.0 Å². The van der Waals surface area contributed by atoms with Crippen molar-refractivity contribution in [3.63, 3.8) is 0 Å². The van der Waals surface area contributed by atoms with E-state index in [1.165, 1.54) is 18.3 Å². The summed E-state index contributed by atoms with van der Waals surface area (Å²) in [6, 6.07) is 9.02. The molecule has 1 saturated heterocycles. The summed E-state index contributed by atoms with van der Waals surface area (Å²) in [4.78, 5) is 42.1. The highest BCUT2D eigenvalue weighted by atomic mass is 32.1. The first-order valence-corrected chi connectivity index (χ1v) is 9.03. The van der Waals surface area contributed by atoms with Crippen LogP contribution in [-0.2, 0) is 16.0 Å². The van der Waals surface area contributed by atoms with Gasteiger partial charge in [0.15, 0.2) is 10.9 Å². The molecule has 1 N–H and O–H groups in total. The van der Waals surface area contributed by atoms with Crippen LogP contribution in [-0.4, -0.2) is 40.1 Å². The molecule has 1 atom stereocenters. The van der Waals surface area contributed by atoms with Crippen molar-refractivity contribution < 1.29 is 14.4 Å². The van der Waals surface area contributed by atoms with Crippen molar-refractivity contribution in [2.75, 3.05) is 11.9 Å². The highest BCUT2D eigenvalue weighted by Gasteiger charge is 2.34. The van der Waals surface area contributed by atoms with Gasteiger partial charge in [-0.25, -0.2) is 4.98 Å². The number of anilines is 1. The van der Waals surface area contributed by atoms with Gasteiger partial charge in [-0.2, -0.15) is 0 Å². The Kier molecular flexibility index (Phi) is 5.23. The fraction of sp³-hybridized carbons (Fsp3) is 0.333. The Balaban J connectivity index is 1.64. The van der Waals surface area contributed by atoms with Crippen LogP contribution in [0.2, 0.25) is 0 Å². The predicted octanol–water partition coefficient (Wildman–Crippen LogP) is 2.52. The molecule has 1 aromatic heterocycles. The molecule has 25 heavy (non-hydrogen) atoms. The highest BCUT2D eigenvalue weighted by Crippen LogP contribution is 2.22. The number of thiazole rings is 1. The second kappa shape index (κ2) is 7.57. The molecular formula is C18H19N3O3S. The predicted molar refractivity (Wildman–Crippen MR) is 95.6 cm³/mol. The van der Waals surface area contributed by atoms with Crippen molar-refractivity contribution in [1.82, 2.24) is 9.88 Å². The zero-order valence-corrected chi connectivity index (χ0v) is 14.7. The van der Waals surface area contributed by atoms with E-state index in [4.69, 9.17) is 0 Å². The van der Waals surface area contributed by atoms with E-state index in [0.717, 1.165) is 12.0 Å². The number of amides is 2. The van der Waals surface area contributed by atoms with Gasteiger partial charge in [-0.1, -0.05) is 30.3 Å². The lowest BCUT2D eigenvalue weighted by Gasteiger charge is -2.23. The van der Waals surface area contributed by atoms with Crippen molar-refractivity contribution in [1.29, 1.82) is 0 Å². The highest BCUT2D eigenvalue weighted by molar-refractivity contribution is 7.14. The third-order valence-electron chi connectivity index (χ3n) is 4.17. The molecule has 2 heterocycles. The van der Waals surface area contributed by atoms with Gasteiger partial charge in [0.25, 0.3) is 0 Å². The molecule has 6 nitrogen and oxygen atoms in total. The van der Waals surface area contributed by atoms with Crippen LogP contribution >= 0.6 is 11.3 Å². The van der Waals surface area contributed by atoms with Crippen LogP contribution in [0.4, 0.5) is 5.13 Å². The molecule has 1 unspecified atom stereocenters. The zero-order chi connectivity index (χ0) is 17.8. The minimum atomic E-state index is -0.485. The van der Waals surface area contributed by atoms with Gasteiger partial charge in [-0.3, -0.25) is 14.4 Å². The van der Waals surface area contributed by atoms with Gasteiger partial charge >= 0.3 is 0 Å². The molecule has 0 radical (unpaired) electrons. The Bertz CT molecular complexity index is 788. The van der Waals surface area contributed by atoms with Crippen LogP contribution in [0.15, 0.2) is 35.7 Å². The minimum Gasteiger partial charge on any atom is -0.330 e. The lowest BCUT2D eigenvalue weighted by Crippen LogP contribution is -2.43. The molecule has 0 aliphatic carbocycles. The molecule has 1 fully saturated rings. The van der Waals surface area contributed by atoms with Gasteiger partial charge in [-0.15, -0.1) is 11.3 Å². The summed E-state index contributed by atoms with van der Waals surface area (Å²) >= 11 is 1.21. The topological polar surface area (TPSA) is 79.4 Å². The van der Waals surface area contributed by atoms with Gasteiger partial charge in [-0.05, 0) is 18.4 Å². The molecule has 1 aliphatic heterocycles. The van der Waals surface area contributed by atoms with Gasteiger partial charge in [0.1, 0.15) is 11.7 Å². The van der Waals surface area contributed by atoms with Crippen LogP contribution in [0.25, 0.3) is 0 Å². The van der Waals surface area contributed by atoms with E-state index < -0.39 is 6.04 Å². The van der Waals surface area contributed by atoms with Crippen molar-refractivity contribution in [2.45, 2.75) is 32.2 Å². The van der Waals surface area contributed by atoms with E-state index in [0.29, 0.717) is 23.8 Å².